The highest BCUT2D eigenvalue weighted by atomic mass is 35.5. The molecule has 0 aliphatic rings. The fraction of sp³-hybridized carbons (Fsp3) is 0.348. The standard InChI is InChI=1S/C12H12ClF3N2O3.C11H12ClF3N2O.ClH/c13-3-1-2-7(11(19)17-18-12(20)21)6-4-8(14)10(16)9(15)5-6;12-3-1-2-7(11(18)17-16)6-4-8(13)10(15)9(14)5-6;/h4-5,7,18H,1-3H2,(H,17,19)(H,20,21);4-5,7H,1-3,16H2,(H,17,18);1H. The number of carbonyl (C=O) groups is 3. The zero-order valence-corrected chi connectivity index (χ0v) is 22.7. The highest BCUT2D eigenvalue weighted by molar-refractivity contribution is 6.18. The summed E-state index contributed by atoms with van der Waals surface area (Å²) in [5.74, 6) is -6.63. The molecule has 0 aliphatic carbocycles. The van der Waals surface area contributed by atoms with Gasteiger partial charge in [0.25, 0.3) is 0 Å². The van der Waals surface area contributed by atoms with E-state index in [1.807, 2.05) is 10.9 Å². The number of hydrogen-bond donors (Lipinski definition) is 5. The minimum absolute atomic E-state index is 0. The Balaban J connectivity index is 0.000000750. The SMILES string of the molecule is Cl.NNC(=O)C(CCCCl)c1cc(F)c(F)c(F)c1.O=C(O)NNC(=O)C(CCCCl)c1cc(F)c(F)c(F)c1. The van der Waals surface area contributed by atoms with Gasteiger partial charge in [0.2, 0.25) is 11.8 Å². The van der Waals surface area contributed by atoms with Crippen LogP contribution in [0.5, 0.6) is 0 Å². The van der Waals surface area contributed by atoms with E-state index >= 15 is 0 Å². The molecule has 40 heavy (non-hydrogen) atoms. The second kappa shape index (κ2) is 18.4. The number of hydrogen-bond acceptors (Lipinski definition) is 4. The molecule has 0 bridgehead atoms. The number of alkyl halides is 2. The first-order valence-corrected chi connectivity index (χ1v) is 12.1. The predicted octanol–water partition coefficient (Wildman–Crippen LogP) is 5.12. The lowest BCUT2D eigenvalue weighted by Crippen LogP contribution is -2.43. The highest BCUT2D eigenvalue weighted by Crippen LogP contribution is 2.26. The molecule has 2 rings (SSSR count). The molecule has 0 spiro atoms. The number of nitrogens with two attached hydrogens (primary N) is 1. The third-order valence-electron chi connectivity index (χ3n) is 5.14. The first kappa shape index (κ1) is 37.1. The Morgan fingerprint density at radius 3 is 1.38 bits per heavy atom. The van der Waals surface area contributed by atoms with Gasteiger partial charge in [0.15, 0.2) is 34.9 Å². The van der Waals surface area contributed by atoms with Gasteiger partial charge in [-0.15, -0.1) is 35.6 Å². The van der Waals surface area contributed by atoms with Crippen molar-refractivity contribution in [1.82, 2.24) is 16.3 Å². The first-order chi connectivity index (χ1) is 18.4. The molecule has 224 valence electrons. The molecule has 2 aromatic carbocycles. The lowest BCUT2D eigenvalue weighted by Gasteiger charge is -2.17. The van der Waals surface area contributed by atoms with E-state index in [2.05, 4.69) is 0 Å². The molecule has 6 N–H and O–H groups in total. The molecule has 0 fully saturated rings. The molecule has 2 unspecified atom stereocenters. The molecule has 0 radical (unpaired) electrons. The Kier molecular flexibility index (Phi) is 17.1. The zero-order valence-electron chi connectivity index (χ0n) is 20.4. The summed E-state index contributed by atoms with van der Waals surface area (Å²) in [5.41, 5.74) is 5.33. The molecule has 0 saturated carbocycles. The molecular formula is C23H25Cl3F6N4O4. The van der Waals surface area contributed by atoms with Crippen LogP contribution >= 0.6 is 35.6 Å². The number of benzene rings is 2. The second-order valence-electron chi connectivity index (χ2n) is 7.79. The lowest BCUT2D eigenvalue weighted by molar-refractivity contribution is -0.124. The van der Waals surface area contributed by atoms with Crippen LogP contribution < -0.4 is 22.1 Å². The number of hydrazine groups is 2. The average Bonchev–Trinajstić information content (AvgIpc) is 2.89. The normalized spacial score (nSPS) is 11.7. The van der Waals surface area contributed by atoms with Gasteiger partial charge < -0.3 is 5.11 Å². The molecule has 2 atom stereocenters. The fourth-order valence-electron chi connectivity index (χ4n) is 3.32. The van der Waals surface area contributed by atoms with Gasteiger partial charge >= 0.3 is 6.09 Å². The van der Waals surface area contributed by atoms with Gasteiger partial charge in [-0.2, -0.15) is 0 Å². The minimum atomic E-state index is -1.64. The summed E-state index contributed by atoms with van der Waals surface area (Å²) >= 11 is 11.0. The number of amides is 3. The molecule has 8 nitrogen and oxygen atoms in total. The van der Waals surface area contributed by atoms with Crippen molar-refractivity contribution < 1.29 is 45.8 Å². The largest absolute Gasteiger partial charge is 0.464 e. The maximum absolute atomic E-state index is 13.2. The Morgan fingerprint density at radius 1 is 0.725 bits per heavy atom. The molecule has 0 heterocycles. The quantitative estimate of drug-likeness (QED) is 0.0613. The van der Waals surface area contributed by atoms with E-state index in [0.717, 1.165) is 12.1 Å². The third-order valence-corrected chi connectivity index (χ3v) is 5.67. The average molecular weight is 642 g/mol. The zero-order chi connectivity index (χ0) is 29.7. The van der Waals surface area contributed by atoms with Gasteiger partial charge in [-0.05, 0) is 61.1 Å². The van der Waals surface area contributed by atoms with Crippen LogP contribution in [0.15, 0.2) is 24.3 Å². The summed E-state index contributed by atoms with van der Waals surface area (Å²) in [6.45, 7) is 0. The lowest BCUT2D eigenvalue weighted by atomic mass is 9.93. The summed E-state index contributed by atoms with van der Waals surface area (Å²) in [5, 5.41) is 8.40. The number of rotatable bonds is 10. The topological polar surface area (TPSA) is 134 Å². The van der Waals surface area contributed by atoms with E-state index < -0.39 is 64.6 Å². The van der Waals surface area contributed by atoms with Crippen LogP contribution in [0, 0.1) is 34.9 Å². The van der Waals surface area contributed by atoms with Crippen LogP contribution in [0.3, 0.4) is 0 Å². The number of halogens is 9. The van der Waals surface area contributed by atoms with Gasteiger partial charge in [-0.25, -0.2) is 42.4 Å². The van der Waals surface area contributed by atoms with Gasteiger partial charge in [0.1, 0.15) is 0 Å². The van der Waals surface area contributed by atoms with Crippen LogP contribution in [0.1, 0.15) is 48.6 Å². The van der Waals surface area contributed by atoms with Gasteiger partial charge in [-0.3, -0.25) is 20.4 Å². The smallest absolute Gasteiger partial charge is 0.423 e. The van der Waals surface area contributed by atoms with Crippen molar-refractivity contribution >= 4 is 53.5 Å². The van der Waals surface area contributed by atoms with Crippen LogP contribution in [-0.4, -0.2) is 34.8 Å². The first-order valence-electron chi connectivity index (χ1n) is 11.1. The van der Waals surface area contributed by atoms with Crippen molar-refractivity contribution in [2.24, 2.45) is 5.84 Å². The van der Waals surface area contributed by atoms with Crippen LogP contribution in [-0.2, 0) is 9.59 Å². The van der Waals surface area contributed by atoms with E-state index in [-0.39, 0.29) is 42.3 Å². The van der Waals surface area contributed by atoms with Crippen molar-refractivity contribution in [3.8, 4) is 0 Å². The van der Waals surface area contributed by atoms with E-state index in [1.165, 1.54) is 0 Å². The van der Waals surface area contributed by atoms with E-state index in [9.17, 15) is 40.7 Å². The number of carbonyl (C=O) groups excluding carboxylic acids is 2. The minimum Gasteiger partial charge on any atom is -0.464 e. The summed E-state index contributed by atoms with van der Waals surface area (Å²) in [6, 6.07) is 2.95. The Morgan fingerprint density at radius 2 is 1.07 bits per heavy atom. The maximum atomic E-state index is 13.2. The molecule has 17 heteroatoms. The fourth-order valence-corrected chi connectivity index (χ4v) is 3.62. The van der Waals surface area contributed by atoms with Crippen molar-refractivity contribution in [3.05, 3.63) is 70.3 Å². The maximum Gasteiger partial charge on any atom is 0.423 e. The summed E-state index contributed by atoms with van der Waals surface area (Å²) in [4.78, 5) is 33.7. The van der Waals surface area contributed by atoms with Crippen molar-refractivity contribution in [3.63, 3.8) is 0 Å². The molecule has 0 aromatic heterocycles. The molecular weight excluding hydrogens is 617 g/mol. The highest BCUT2D eigenvalue weighted by Gasteiger charge is 2.24. The second-order valence-corrected chi connectivity index (χ2v) is 8.55. The molecule has 3 amide bonds. The van der Waals surface area contributed by atoms with Crippen LogP contribution in [0.2, 0.25) is 0 Å². The Hall–Kier alpha value is -2.94. The van der Waals surface area contributed by atoms with Gasteiger partial charge in [0.05, 0.1) is 11.8 Å². The van der Waals surface area contributed by atoms with Crippen molar-refractivity contribution in [2.45, 2.75) is 37.5 Å². The van der Waals surface area contributed by atoms with Crippen LogP contribution in [0.25, 0.3) is 0 Å². The number of nitrogens with one attached hydrogen (secondary N) is 3. The van der Waals surface area contributed by atoms with Crippen molar-refractivity contribution in [2.75, 3.05) is 11.8 Å². The van der Waals surface area contributed by atoms with Crippen molar-refractivity contribution in [1.29, 1.82) is 0 Å². The number of carboxylic acid groups (broad SMARTS) is 1. The van der Waals surface area contributed by atoms with E-state index in [4.69, 9.17) is 34.2 Å². The monoisotopic (exact) mass is 640 g/mol. The Bertz CT molecular complexity index is 1120. The third kappa shape index (κ3) is 11.3. The van der Waals surface area contributed by atoms with E-state index in [0.29, 0.717) is 30.9 Å². The summed E-state index contributed by atoms with van der Waals surface area (Å²) < 4.78 is 78.3. The van der Waals surface area contributed by atoms with Crippen LogP contribution in [0.4, 0.5) is 31.1 Å². The summed E-state index contributed by atoms with van der Waals surface area (Å²) in [6.07, 6.45) is -0.331. The van der Waals surface area contributed by atoms with Gasteiger partial charge in [-0.1, -0.05) is 0 Å². The predicted molar refractivity (Wildman–Crippen MR) is 137 cm³/mol. The molecule has 2 aromatic rings. The van der Waals surface area contributed by atoms with E-state index in [1.54, 1.807) is 5.43 Å². The Labute approximate surface area is 240 Å². The molecule has 0 saturated heterocycles. The summed E-state index contributed by atoms with van der Waals surface area (Å²) in [7, 11) is 0. The molecule has 0 aliphatic heterocycles. The van der Waals surface area contributed by atoms with Gasteiger partial charge in [0, 0.05) is 11.8 Å².